The number of likely N-dealkylation sites (N-methyl/N-ethyl adjacent to an activating group) is 1. The Balaban J connectivity index is 1.36. The van der Waals surface area contributed by atoms with E-state index in [1.165, 1.54) is 0 Å². The SMILES string of the molecule is CN1CC(Cc2ccc(Oc3ccc(C=C4SC(=O)NC4=O)cc3)cc2)OC1=O. The molecular formula is C21H18N2O5S. The highest BCUT2D eigenvalue weighted by Gasteiger charge is 2.28. The van der Waals surface area contributed by atoms with Gasteiger partial charge in [0.05, 0.1) is 11.4 Å². The molecule has 7 nitrogen and oxygen atoms in total. The number of amides is 3. The second-order valence-corrected chi connectivity index (χ2v) is 7.77. The summed E-state index contributed by atoms with van der Waals surface area (Å²) >= 11 is 0.888. The van der Waals surface area contributed by atoms with Crippen molar-refractivity contribution in [2.75, 3.05) is 13.6 Å². The van der Waals surface area contributed by atoms with Crippen molar-refractivity contribution in [1.82, 2.24) is 10.2 Å². The summed E-state index contributed by atoms with van der Waals surface area (Å²) < 4.78 is 11.1. The normalized spacial score (nSPS) is 20.2. The number of ether oxygens (including phenoxy) is 2. The van der Waals surface area contributed by atoms with Gasteiger partial charge in [-0.25, -0.2) is 4.79 Å². The molecule has 1 N–H and O–H groups in total. The Morgan fingerprint density at radius 1 is 1.10 bits per heavy atom. The molecule has 2 aliphatic rings. The number of cyclic esters (lactones) is 1. The fourth-order valence-electron chi connectivity index (χ4n) is 3.05. The van der Waals surface area contributed by atoms with Crippen LogP contribution >= 0.6 is 11.8 Å². The molecule has 0 aliphatic carbocycles. The minimum absolute atomic E-state index is 0.128. The van der Waals surface area contributed by atoms with Gasteiger partial charge in [0, 0.05) is 13.5 Å². The first-order valence-electron chi connectivity index (χ1n) is 9.00. The monoisotopic (exact) mass is 410 g/mol. The van der Waals surface area contributed by atoms with Crippen molar-refractivity contribution in [3.63, 3.8) is 0 Å². The van der Waals surface area contributed by atoms with Gasteiger partial charge in [0.1, 0.15) is 17.6 Å². The first-order valence-corrected chi connectivity index (χ1v) is 9.81. The van der Waals surface area contributed by atoms with Gasteiger partial charge in [0.15, 0.2) is 0 Å². The summed E-state index contributed by atoms with van der Waals surface area (Å²) in [5, 5.41) is 1.87. The lowest BCUT2D eigenvalue weighted by molar-refractivity contribution is -0.115. The van der Waals surface area contributed by atoms with Crippen LogP contribution in [0.1, 0.15) is 11.1 Å². The Bertz CT molecular complexity index is 985. The zero-order valence-corrected chi connectivity index (χ0v) is 16.4. The van der Waals surface area contributed by atoms with Crippen LogP contribution in [0, 0.1) is 0 Å². The van der Waals surface area contributed by atoms with Gasteiger partial charge >= 0.3 is 6.09 Å². The molecule has 148 valence electrons. The molecule has 1 unspecified atom stereocenters. The Morgan fingerprint density at radius 2 is 1.76 bits per heavy atom. The number of carbonyl (C=O) groups excluding carboxylic acids is 3. The minimum atomic E-state index is -0.376. The smallest absolute Gasteiger partial charge is 0.409 e. The van der Waals surface area contributed by atoms with E-state index in [2.05, 4.69) is 5.32 Å². The molecule has 2 aliphatic heterocycles. The number of carbonyl (C=O) groups is 3. The summed E-state index contributed by atoms with van der Waals surface area (Å²) in [5.74, 6) is 0.974. The molecule has 29 heavy (non-hydrogen) atoms. The van der Waals surface area contributed by atoms with Crippen LogP contribution < -0.4 is 10.1 Å². The molecule has 8 heteroatoms. The lowest BCUT2D eigenvalue weighted by atomic mass is 10.1. The van der Waals surface area contributed by atoms with E-state index in [9.17, 15) is 14.4 Å². The number of thioether (sulfide) groups is 1. The third-order valence-corrected chi connectivity index (χ3v) is 5.31. The molecule has 2 heterocycles. The van der Waals surface area contributed by atoms with E-state index in [1.807, 2.05) is 36.4 Å². The van der Waals surface area contributed by atoms with Crippen LogP contribution in [0.3, 0.4) is 0 Å². The molecule has 0 aromatic heterocycles. The zero-order valence-electron chi connectivity index (χ0n) is 15.6. The number of benzene rings is 2. The van der Waals surface area contributed by atoms with Crippen molar-refractivity contribution in [1.29, 1.82) is 0 Å². The minimum Gasteiger partial charge on any atom is -0.457 e. The highest BCUT2D eigenvalue weighted by Crippen LogP contribution is 2.27. The highest BCUT2D eigenvalue weighted by molar-refractivity contribution is 8.18. The maximum atomic E-state index is 11.6. The predicted octanol–water partition coefficient (Wildman–Crippen LogP) is 3.80. The number of hydrogen-bond donors (Lipinski definition) is 1. The van der Waals surface area contributed by atoms with E-state index >= 15 is 0 Å². The second kappa shape index (κ2) is 8.00. The van der Waals surface area contributed by atoms with E-state index in [4.69, 9.17) is 9.47 Å². The van der Waals surface area contributed by atoms with Gasteiger partial charge < -0.3 is 14.4 Å². The number of nitrogens with one attached hydrogen (secondary N) is 1. The van der Waals surface area contributed by atoms with Crippen molar-refractivity contribution in [3.05, 3.63) is 64.6 Å². The summed E-state index contributed by atoms with van der Waals surface area (Å²) in [5.41, 5.74) is 1.87. The molecule has 2 fully saturated rings. The average molecular weight is 410 g/mol. The van der Waals surface area contributed by atoms with Crippen molar-refractivity contribution in [3.8, 4) is 11.5 Å². The van der Waals surface area contributed by atoms with Gasteiger partial charge in [-0.1, -0.05) is 24.3 Å². The fourth-order valence-corrected chi connectivity index (χ4v) is 3.74. The molecule has 2 saturated heterocycles. The van der Waals surface area contributed by atoms with Gasteiger partial charge in [-0.05, 0) is 53.2 Å². The van der Waals surface area contributed by atoms with Crippen molar-refractivity contribution >= 4 is 35.1 Å². The first-order chi connectivity index (χ1) is 14.0. The molecule has 3 amide bonds. The summed E-state index contributed by atoms with van der Waals surface area (Å²) in [4.78, 5) is 36.2. The van der Waals surface area contributed by atoms with Crippen LogP contribution in [0.15, 0.2) is 53.4 Å². The average Bonchev–Trinajstić information content (AvgIpc) is 3.18. The van der Waals surface area contributed by atoms with Crippen LogP contribution in [0.5, 0.6) is 11.5 Å². The molecular weight excluding hydrogens is 392 g/mol. The Hall–Kier alpha value is -3.26. The predicted molar refractivity (Wildman–Crippen MR) is 109 cm³/mol. The van der Waals surface area contributed by atoms with Gasteiger partial charge in [0.25, 0.3) is 11.1 Å². The van der Waals surface area contributed by atoms with Gasteiger partial charge in [-0.2, -0.15) is 0 Å². The molecule has 2 aromatic carbocycles. The van der Waals surface area contributed by atoms with E-state index in [1.54, 1.807) is 30.2 Å². The summed E-state index contributed by atoms with van der Waals surface area (Å²) in [6, 6.07) is 14.9. The van der Waals surface area contributed by atoms with E-state index in [0.717, 1.165) is 22.9 Å². The van der Waals surface area contributed by atoms with Crippen molar-refractivity contribution in [2.45, 2.75) is 12.5 Å². The molecule has 0 saturated carbocycles. The quantitative estimate of drug-likeness (QED) is 0.755. The summed E-state index contributed by atoms with van der Waals surface area (Å²) in [6.07, 6.45) is 1.91. The molecule has 1 atom stereocenters. The van der Waals surface area contributed by atoms with Crippen molar-refractivity contribution < 1.29 is 23.9 Å². The Kier molecular flexibility index (Phi) is 5.26. The van der Waals surface area contributed by atoms with Crippen LogP contribution in [-0.2, 0) is 16.0 Å². The zero-order chi connectivity index (χ0) is 20.4. The molecule has 0 bridgehead atoms. The molecule has 0 spiro atoms. The Labute approximate surface area is 171 Å². The third-order valence-electron chi connectivity index (χ3n) is 4.50. The number of nitrogens with zero attached hydrogens (tertiary/aromatic N) is 1. The van der Waals surface area contributed by atoms with Crippen LogP contribution in [0.2, 0.25) is 0 Å². The fraction of sp³-hybridized carbons (Fsp3) is 0.190. The van der Waals surface area contributed by atoms with Crippen LogP contribution in [0.4, 0.5) is 9.59 Å². The number of rotatable bonds is 5. The van der Waals surface area contributed by atoms with Crippen LogP contribution in [0.25, 0.3) is 6.08 Å². The highest BCUT2D eigenvalue weighted by atomic mass is 32.2. The van der Waals surface area contributed by atoms with Gasteiger partial charge in [0.2, 0.25) is 0 Å². The van der Waals surface area contributed by atoms with Crippen molar-refractivity contribution in [2.24, 2.45) is 0 Å². The van der Waals surface area contributed by atoms with Crippen LogP contribution in [-0.4, -0.2) is 41.8 Å². The third kappa shape index (κ3) is 4.60. The maximum absolute atomic E-state index is 11.6. The molecule has 2 aromatic rings. The summed E-state index contributed by atoms with van der Waals surface area (Å²) in [6.45, 7) is 0.591. The topological polar surface area (TPSA) is 84.9 Å². The maximum Gasteiger partial charge on any atom is 0.409 e. The van der Waals surface area contributed by atoms with E-state index in [-0.39, 0.29) is 23.3 Å². The van der Waals surface area contributed by atoms with E-state index < -0.39 is 0 Å². The lowest BCUT2D eigenvalue weighted by Crippen LogP contribution is -2.20. The standard InChI is InChI=1S/C21H18N2O5S/c1-23-12-17(28-21(23)26)10-13-2-6-15(7-3-13)27-16-8-4-14(5-9-16)11-18-19(24)22-20(25)29-18/h2-9,11,17H,10,12H2,1H3,(H,22,24,25). The van der Waals surface area contributed by atoms with E-state index in [0.29, 0.717) is 29.4 Å². The molecule has 4 rings (SSSR count). The van der Waals surface area contributed by atoms with Gasteiger partial charge in [-0.15, -0.1) is 0 Å². The van der Waals surface area contributed by atoms with Gasteiger partial charge in [-0.3, -0.25) is 14.9 Å². The second-order valence-electron chi connectivity index (χ2n) is 6.76. The number of hydrogen-bond acceptors (Lipinski definition) is 6. The lowest BCUT2D eigenvalue weighted by Gasteiger charge is -2.10. The first kappa shape index (κ1) is 19.1. The largest absolute Gasteiger partial charge is 0.457 e. The Morgan fingerprint density at radius 3 is 2.31 bits per heavy atom. The number of imide groups is 1. The molecule has 0 radical (unpaired) electrons. The summed E-state index contributed by atoms with van der Waals surface area (Å²) in [7, 11) is 1.72.